The molecular formula is C28H17NO2. The van der Waals surface area contributed by atoms with Crippen molar-refractivity contribution in [3.63, 3.8) is 0 Å². The van der Waals surface area contributed by atoms with E-state index in [2.05, 4.69) is 71.7 Å². The van der Waals surface area contributed by atoms with Gasteiger partial charge in [-0.1, -0.05) is 60.7 Å². The zero-order valence-electron chi connectivity index (χ0n) is 16.6. The van der Waals surface area contributed by atoms with E-state index in [1.807, 2.05) is 30.3 Å². The van der Waals surface area contributed by atoms with Gasteiger partial charge < -0.3 is 14.5 Å². The van der Waals surface area contributed by atoms with Gasteiger partial charge in [-0.25, -0.2) is 0 Å². The normalized spacial score (nSPS) is 12.4. The highest BCUT2D eigenvalue weighted by atomic mass is 16.6. The third kappa shape index (κ3) is 2.53. The molecule has 5 aromatic carbocycles. The number of hydrogen-bond donors (Lipinski definition) is 1. The Labute approximate surface area is 178 Å². The largest absolute Gasteiger partial charge is 0.449 e. The minimum absolute atomic E-state index is 0.733. The summed E-state index contributed by atoms with van der Waals surface area (Å²) in [5.74, 6) is 2.96. The van der Waals surface area contributed by atoms with Crippen molar-refractivity contribution >= 4 is 32.6 Å². The van der Waals surface area contributed by atoms with Crippen LogP contribution in [0.3, 0.4) is 0 Å². The zero-order chi connectivity index (χ0) is 20.4. The van der Waals surface area contributed by atoms with Crippen LogP contribution in [-0.2, 0) is 0 Å². The maximum absolute atomic E-state index is 6.25. The number of H-pyrrole nitrogens is 1. The van der Waals surface area contributed by atoms with E-state index in [1.165, 1.54) is 10.8 Å². The molecule has 1 N–H and O–H groups in total. The highest BCUT2D eigenvalue weighted by molar-refractivity contribution is 6.08. The molecular weight excluding hydrogens is 382 g/mol. The Morgan fingerprint density at radius 2 is 1.06 bits per heavy atom. The molecule has 1 aromatic heterocycles. The first-order chi connectivity index (χ1) is 15.3. The molecule has 0 saturated heterocycles. The second-order valence-electron chi connectivity index (χ2n) is 7.94. The number of aromatic amines is 1. The maximum Gasteiger partial charge on any atom is 0.170 e. The number of ether oxygens (including phenoxy) is 2. The SMILES string of the molecule is c1ccc2cc3c(cc2c1)Oc1ccc(-c2ccc4c(c2)[nH]c2ccccc24)cc1O3. The predicted octanol–water partition coefficient (Wildman–Crippen LogP) is 8.04. The van der Waals surface area contributed by atoms with Crippen molar-refractivity contribution in [2.75, 3.05) is 0 Å². The van der Waals surface area contributed by atoms with Crippen molar-refractivity contribution in [2.45, 2.75) is 0 Å². The fourth-order valence-electron chi connectivity index (χ4n) is 4.48. The van der Waals surface area contributed by atoms with E-state index in [4.69, 9.17) is 9.47 Å². The second kappa shape index (κ2) is 6.13. The summed E-state index contributed by atoms with van der Waals surface area (Å²) in [5, 5.41) is 4.75. The van der Waals surface area contributed by atoms with Crippen LogP contribution in [0.2, 0.25) is 0 Å². The Kier molecular flexibility index (Phi) is 3.27. The lowest BCUT2D eigenvalue weighted by molar-refractivity contribution is 0.360. The van der Waals surface area contributed by atoms with Crippen molar-refractivity contribution < 1.29 is 9.47 Å². The number of aromatic nitrogens is 1. The average Bonchev–Trinajstić information content (AvgIpc) is 3.19. The molecule has 6 aromatic rings. The standard InChI is InChI=1S/C28H17NO2/c1-2-6-18-15-28-27(14-17(18)5-1)30-25-12-10-20(16-26(25)31-28)19-9-11-22-21-7-3-4-8-23(21)29-24(22)13-19/h1-16,29H. The van der Waals surface area contributed by atoms with Crippen LogP contribution in [0.25, 0.3) is 43.7 Å². The van der Waals surface area contributed by atoms with Gasteiger partial charge in [-0.3, -0.25) is 0 Å². The Bertz CT molecular complexity index is 1640. The lowest BCUT2D eigenvalue weighted by Crippen LogP contribution is -1.99. The summed E-state index contributed by atoms with van der Waals surface area (Å²) >= 11 is 0. The minimum atomic E-state index is 0.733. The van der Waals surface area contributed by atoms with E-state index in [-0.39, 0.29) is 0 Å². The molecule has 3 nitrogen and oxygen atoms in total. The molecule has 7 rings (SSSR count). The van der Waals surface area contributed by atoms with Gasteiger partial charge in [0.1, 0.15) is 0 Å². The molecule has 1 aliphatic heterocycles. The predicted molar refractivity (Wildman–Crippen MR) is 125 cm³/mol. The van der Waals surface area contributed by atoms with Gasteiger partial charge in [-0.15, -0.1) is 0 Å². The smallest absolute Gasteiger partial charge is 0.170 e. The van der Waals surface area contributed by atoms with Gasteiger partial charge in [0.25, 0.3) is 0 Å². The average molecular weight is 399 g/mol. The maximum atomic E-state index is 6.25. The fraction of sp³-hybridized carbons (Fsp3) is 0. The molecule has 2 heterocycles. The van der Waals surface area contributed by atoms with Crippen LogP contribution in [0, 0.1) is 0 Å². The van der Waals surface area contributed by atoms with E-state index in [0.717, 1.165) is 55.9 Å². The van der Waals surface area contributed by atoms with Crippen molar-refractivity contribution in [1.82, 2.24) is 4.98 Å². The molecule has 0 amide bonds. The summed E-state index contributed by atoms with van der Waals surface area (Å²) in [7, 11) is 0. The summed E-state index contributed by atoms with van der Waals surface area (Å²) in [5.41, 5.74) is 4.51. The number of rotatable bonds is 1. The number of nitrogens with one attached hydrogen (secondary N) is 1. The monoisotopic (exact) mass is 399 g/mol. The van der Waals surface area contributed by atoms with Crippen LogP contribution < -0.4 is 9.47 Å². The molecule has 0 bridgehead atoms. The van der Waals surface area contributed by atoms with Gasteiger partial charge >= 0.3 is 0 Å². The molecule has 0 fully saturated rings. The van der Waals surface area contributed by atoms with Gasteiger partial charge in [-0.05, 0) is 58.3 Å². The number of para-hydroxylation sites is 1. The van der Waals surface area contributed by atoms with Crippen LogP contribution in [0.5, 0.6) is 23.0 Å². The summed E-state index contributed by atoms with van der Waals surface area (Å²) in [6.07, 6.45) is 0. The molecule has 3 heteroatoms. The van der Waals surface area contributed by atoms with E-state index >= 15 is 0 Å². The lowest BCUT2D eigenvalue weighted by atomic mass is 10.0. The first kappa shape index (κ1) is 16.5. The number of benzene rings is 5. The highest BCUT2D eigenvalue weighted by Crippen LogP contribution is 2.48. The summed E-state index contributed by atoms with van der Waals surface area (Å²) in [6.45, 7) is 0. The third-order valence-corrected chi connectivity index (χ3v) is 6.04. The van der Waals surface area contributed by atoms with Gasteiger partial charge in [0.05, 0.1) is 0 Å². The van der Waals surface area contributed by atoms with Gasteiger partial charge in [0.15, 0.2) is 23.0 Å². The van der Waals surface area contributed by atoms with Crippen molar-refractivity contribution in [2.24, 2.45) is 0 Å². The lowest BCUT2D eigenvalue weighted by Gasteiger charge is -2.21. The van der Waals surface area contributed by atoms with Gasteiger partial charge in [0.2, 0.25) is 0 Å². The quantitative estimate of drug-likeness (QED) is 0.303. The molecule has 0 aliphatic carbocycles. The van der Waals surface area contributed by atoms with E-state index < -0.39 is 0 Å². The summed E-state index contributed by atoms with van der Waals surface area (Å²) in [6, 6.07) is 33.4. The highest BCUT2D eigenvalue weighted by Gasteiger charge is 2.20. The molecule has 0 radical (unpaired) electrons. The first-order valence-corrected chi connectivity index (χ1v) is 10.4. The molecule has 146 valence electrons. The minimum Gasteiger partial charge on any atom is -0.449 e. The van der Waals surface area contributed by atoms with Crippen LogP contribution in [-0.4, -0.2) is 4.98 Å². The molecule has 31 heavy (non-hydrogen) atoms. The summed E-state index contributed by atoms with van der Waals surface area (Å²) in [4.78, 5) is 3.52. The molecule has 0 atom stereocenters. The van der Waals surface area contributed by atoms with Crippen molar-refractivity contribution in [3.8, 4) is 34.1 Å². The summed E-state index contributed by atoms with van der Waals surface area (Å²) < 4.78 is 12.4. The number of hydrogen-bond acceptors (Lipinski definition) is 2. The van der Waals surface area contributed by atoms with Gasteiger partial charge in [-0.2, -0.15) is 0 Å². The Hall–Kier alpha value is -4.24. The first-order valence-electron chi connectivity index (χ1n) is 10.4. The Morgan fingerprint density at radius 1 is 0.452 bits per heavy atom. The Morgan fingerprint density at radius 3 is 1.90 bits per heavy atom. The Balaban J connectivity index is 1.31. The fourth-order valence-corrected chi connectivity index (χ4v) is 4.48. The molecule has 1 aliphatic rings. The zero-order valence-corrected chi connectivity index (χ0v) is 16.6. The van der Waals surface area contributed by atoms with Crippen LogP contribution in [0.1, 0.15) is 0 Å². The third-order valence-electron chi connectivity index (χ3n) is 6.04. The van der Waals surface area contributed by atoms with Gasteiger partial charge in [0, 0.05) is 21.8 Å². The number of fused-ring (bicyclic) bond motifs is 6. The molecule has 0 unspecified atom stereocenters. The molecule has 0 saturated carbocycles. The van der Waals surface area contributed by atoms with E-state index in [1.54, 1.807) is 0 Å². The van der Waals surface area contributed by atoms with Crippen molar-refractivity contribution in [1.29, 1.82) is 0 Å². The van der Waals surface area contributed by atoms with Crippen LogP contribution in [0.15, 0.2) is 97.1 Å². The van der Waals surface area contributed by atoms with Crippen LogP contribution >= 0.6 is 0 Å². The van der Waals surface area contributed by atoms with E-state index in [0.29, 0.717) is 0 Å². The van der Waals surface area contributed by atoms with E-state index in [9.17, 15) is 0 Å². The topological polar surface area (TPSA) is 34.2 Å². The van der Waals surface area contributed by atoms with Crippen LogP contribution in [0.4, 0.5) is 0 Å². The second-order valence-corrected chi connectivity index (χ2v) is 7.94. The van der Waals surface area contributed by atoms with Crippen molar-refractivity contribution in [3.05, 3.63) is 97.1 Å². The molecule has 0 spiro atoms.